The second-order valence-corrected chi connectivity index (χ2v) is 5.16. The lowest BCUT2D eigenvalue weighted by molar-refractivity contribution is -0.0180. The number of aliphatic hydroxyl groups is 1. The van der Waals surface area contributed by atoms with E-state index in [1.807, 2.05) is 67.6 Å². The van der Waals surface area contributed by atoms with Crippen LogP contribution in [0.15, 0.2) is 60.7 Å². The van der Waals surface area contributed by atoms with Crippen molar-refractivity contribution in [1.29, 1.82) is 0 Å². The Kier molecular flexibility index (Phi) is 2.73. The van der Waals surface area contributed by atoms with E-state index in [9.17, 15) is 5.11 Å². The summed E-state index contributed by atoms with van der Waals surface area (Å²) < 4.78 is 5.77. The van der Waals surface area contributed by atoms with E-state index in [2.05, 4.69) is 0 Å². The average molecular weight is 254 g/mol. The molecule has 1 aliphatic carbocycles. The molecule has 0 amide bonds. The zero-order valence-electron chi connectivity index (χ0n) is 11.2. The summed E-state index contributed by atoms with van der Waals surface area (Å²) in [4.78, 5) is 0. The van der Waals surface area contributed by atoms with Crippen LogP contribution >= 0.6 is 0 Å². The maximum Gasteiger partial charge on any atom is 0.132 e. The third kappa shape index (κ3) is 1.44. The molecule has 3 atom stereocenters. The molecule has 2 nitrogen and oxygen atoms in total. The van der Waals surface area contributed by atoms with Gasteiger partial charge in [-0.15, -0.1) is 0 Å². The first-order valence-electron chi connectivity index (χ1n) is 6.56. The molecule has 1 aliphatic rings. The predicted molar refractivity (Wildman–Crippen MR) is 74.6 cm³/mol. The molecule has 2 heteroatoms. The molecule has 0 heterocycles. The summed E-state index contributed by atoms with van der Waals surface area (Å²) >= 11 is 0. The van der Waals surface area contributed by atoms with Gasteiger partial charge in [0, 0.05) is 13.0 Å². The molecule has 0 radical (unpaired) electrons. The van der Waals surface area contributed by atoms with Crippen molar-refractivity contribution in [2.24, 2.45) is 5.92 Å². The third-order valence-corrected chi connectivity index (χ3v) is 4.46. The van der Waals surface area contributed by atoms with Crippen LogP contribution in [0.2, 0.25) is 0 Å². The Balaban J connectivity index is 2.11. The summed E-state index contributed by atoms with van der Waals surface area (Å²) in [6, 6.07) is 19.7. The zero-order valence-corrected chi connectivity index (χ0v) is 11.2. The Bertz CT molecular complexity index is 566. The van der Waals surface area contributed by atoms with E-state index < -0.39 is 11.2 Å². The lowest BCUT2D eigenvalue weighted by atomic mass is 9.98. The van der Waals surface area contributed by atoms with Gasteiger partial charge in [-0.3, -0.25) is 0 Å². The van der Waals surface area contributed by atoms with Crippen molar-refractivity contribution in [2.45, 2.75) is 18.1 Å². The van der Waals surface area contributed by atoms with Crippen LogP contribution in [0.25, 0.3) is 0 Å². The molecule has 1 N–H and O–H groups in total. The molecule has 0 aliphatic heterocycles. The molecular formula is C17H18O2. The van der Waals surface area contributed by atoms with Gasteiger partial charge in [0.1, 0.15) is 11.2 Å². The maximum atomic E-state index is 11.1. The van der Waals surface area contributed by atoms with Crippen molar-refractivity contribution in [3.8, 4) is 0 Å². The second-order valence-electron chi connectivity index (χ2n) is 5.16. The van der Waals surface area contributed by atoms with Gasteiger partial charge in [0.2, 0.25) is 0 Å². The van der Waals surface area contributed by atoms with E-state index in [0.717, 1.165) is 11.1 Å². The van der Waals surface area contributed by atoms with E-state index in [-0.39, 0.29) is 5.92 Å². The zero-order chi connectivity index (χ0) is 13.5. The van der Waals surface area contributed by atoms with Gasteiger partial charge in [0.05, 0.1) is 0 Å². The number of hydrogen-bond acceptors (Lipinski definition) is 2. The topological polar surface area (TPSA) is 29.5 Å². The highest BCUT2D eigenvalue weighted by atomic mass is 16.5. The molecule has 0 unspecified atom stereocenters. The smallest absolute Gasteiger partial charge is 0.132 e. The molecule has 19 heavy (non-hydrogen) atoms. The van der Waals surface area contributed by atoms with Crippen LogP contribution in [-0.4, -0.2) is 12.2 Å². The summed E-state index contributed by atoms with van der Waals surface area (Å²) in [5.74, 6) is 0.0230. The van der Waals surface area contributed by atoms with Crippen LogP contribution in [0.4, 0.5) is 0 Å². The van der Waals surface area contributed by atoms with Crippen LogP contribution in [0.3, 0.4) is 0 Å². The minimum Gasteiger partial charge on any atom is -0.381 e. The van der Waals surface area contributed by atoms with Gasteiger partial charge >= 0.3 is 0 Å². The van der Waals surface area contributed by atoms with E-state index >= 15 is 0 Å². The number of rotatable bonds is 3. The highest BCUT2D eigenvalue weighted by molar-refractivity contribution is 5.46. The standard InChI is InChI=1S/C17H18O2/c1-13-16(18,14-9-5-3-6-10-14)17(13,19-2)15-11-7-4-8-12-15/h3-13,18H,1-2H3/t13-,16-,17+/m1/s1. The Morgan fingerprint density at radius 3 is 1.84 bits per heavy atom. The van der Waals surface area contributed by atoms with Crippen LogP contribution in [0, 0.1) is 5.92 Å². The lowest BCUT2D eigenvalue weighted by Crippen LogP contribution is -2.24. The maximum absolute atomic E-state index is 11.1. The minimum absolute atomic E-state index is 0.0230. The van der Waals surface area contributed by atoms with Crippen LogP contribution in [0.5, 0.6) is 0 Å². The highest BCUT2D eigenvalue weighted by Gasteiger charge is 2.76. The Labute approximate surface area is 113 Å². The molecule has 3 rings (SSSR count). The van der Waals surface area contributed by atoms with Gasteiger partial charge in [0.25, 0.3) is 0 Å². The summed E-state index contributed by atoms with van der Waals surface area (Å²) in [7, 11) is 1.67. The van der Waals surface area contributed by atoms with Crippen LogP contribution in [0.1, 0.15) is 18.1 Å². The lowest BCUT2D eigenvalue weighted by Gasteiger charge is -2.21. The first-order valence-corrected chi connectivity index (χ1v) is 6.56. The first kappa shape index (κ1) is 12.4. The van der Waals surface area contributed by atoms with Gasteiger partial charge in [-0.25, -0.2) is 0 Å². The molecule has 0 spiro atoms. The van der Waals surface area contributed by atoms with Crippen molar-refractivity contribution in [3.63, 3.8) is 0 Å². The SMILES string of the molecule is CO[C@]1(c2ccccc2)[C@H](C)[C@@]1(O)c1ccccc1. The van der Waals surface area contributed by atoms with Gasteiger partial charge in [-0.05, 0) is 11.1 Å². The predicted octanol–water partition coefficient (Wildman–Crippen LogP) is 3.07. The number of ether oxygens (including phenoxy) is 1. The van der Waals surface area contributed by atoms with E-state index in [1.54, 1.807) is 7.11 Å². The molecule has 2 aromatic carbocycles. The molecule has 1 saturated carbocycles. The normalized spacial score (nSPS) is 33.1. The number of benzene rings is 2. The average Bonchev–Trinajstić information content (AvgIpc) is 2.99. The van der Waals surface area contributed by atoms with Crippen molar-refractivity contribution in [3.05, 3.63) is 71.8 Å². The highest BCUT2D eigenvalue weighted by Crippen LogP contribution is 2.68. The molecule has 0 aromatic heterocycles. The minimum atomic E-state index is -0.954. The monoisotopic (exact) mass is 254 g/mol. The number of methoxy groups -OCH3 is 1. The van der Waals surface area contributed by atoms with Crippen LogP contribution < -0.4 is 0 Å². The molecule has 2 aromatic rings. The summed E-state index contributed by atoms with van der Waals surface area (Å²) in [5.41, 5.74) is 0.338. The largest absolute Gasteiger partial charge is 0.381 e. The first-order chi connectivity index (χ1) is 9.18. The summed E-state index contributed by atoms with van der Waals surface area (Å²) in [5, 5.41) is 11.1. The molecule has 0 bridgehead atoms. The second kappa shape index (κ2) is 4.19. The fraction of sp³-hybridized carbons (Fsp3) is 0.294. The van der Waals surface area contributed by atoms with E-state index in [4.69, 9.17) is 4.74 Å². The molecular weight excluding hydrogens is 236 g/mol. The van der Waals surface area contributed by atoms with Gasteiger partial charge in [0.15, 0.2) is 0 Å². The fourth-order valence-electron chi connectivity index (χ4n) is 3.37. The third-order valence-electron chi connectivity index (χ3n) is 4.46. The molecule has 0 saturated heterocycles. The quantitative estimate of drug-likeness (QED) is 0.912. The van der Waals surface area contributed by atoms with Crippen LogP contribution in [-0.2, 0) is 15.9 Å². The van der Waals surface area contributed by atoms with E-state index in [1.165, 1.54) is 0 Å². The van der Waals surface area contributed by atoms with Crippen molar-refractivity contribution < 1.29 is 9.84 Å². The van der Waals surface area contributed by atoms with Gasteiger partial charge < -0.3 is 9.84 Å². The summed E-state index contributed by atoms with van der Waals surface area (Å²) in [6.07, 6.45) is 0. The molecule has 1 fully saturated rings. The van der Waals surface area contributed by atoms with Crippen molar-refractivity contribution >= 4 is 0 Å². The van der Waals surface area contributed by atoms with Gasteiger partial charge in [-0.2, -0.15) is 0 Å². The Morgan fingerprint density at radius 2 is 1.37 bits per heavy atom. The van der Waals surface area contributed by atoms with Crippen molar-refractivity contribution in [2.75, 3.05) is 7.11 Å². The summed E-state index contributed by atoms with van der Waals surface area (Å²) in [6.45, 7) is 2.03. The van der Waals surface area contributed by atoms with Crippen molar-refractivity contribution in [1.82, 2.24) is 0 Å². The fourth-order valence-corrected chi connectivity index (χ4v) is 3.37. The van der Waals surface area contributed by atoms with Gasteiger partial charge in [-0.1, -0.05) is 67.6 Å². The number of hydrogen-bond donors (Lipinski definition) is 1. The molecule has 98 valence electrons. The Morgan fingerprint density at radius 1 is 0.895 bits per heavy atom. The van der Waals surface area contributed by atoms with E-state index in [0.29, 0.717) is 0 Å². The Hall–Kier alpha value is -1.64.